The average molecular weight is 320 g/mol. The largest absolute Gasteiger partial charge is 0.388 e. The summed E-state index contributed by atoms with van der Waals surface area (Å²) in [5.74, 6) is -0.409. The van der Waals surface area contributed by atoms with Gasteiger partial charge in [0, 0.05) is 21.5 Å². The van der Waals surface area contributed by atoms with Crippen LogP contribution in [0.1, 0.15) is 17.2 Å². The van der Waals surface area contributed by atoms with E-state index in [0.29, 0.717) is 26.2 Å². The molecule has 0 radical (unpaired) electrons. The summed E-state index contributed by atoms with van der Waals surface area (Å²) >= 11 is 17.6. The molecule has 0 heterocycles. The van der Waals surface area contributed by atoms with Crippen LogP contribution in [0.2, 0.25) is 15.1 Å². The molecule has 0 saturated heterocycles. The third-order valence-electron chi connectivity index (χ3n) is 2.74. The fourth-order valence-corrected chi connectivity index (χ4v) is 2.52. The van der Waals surface area contributed by atoms with E-state index < -0.39 is 11.9 Å². The summed E-state index contributed by atoms with van der Waals surface area (Å²) < 4.78 is 13.6. The number of benzene rings is 2. The standard InChI is InChI=1S/C14H10Cl3FO/c15-9-2-4-13(18)8(5-9)6-14(19)11-3-1-10(16)7-12(11)17/h1-5,7,14,19H,6H2. The van der Waals surface area contributed by atoms with Gasteiger partial charge in [0.15, 0.2) is 0 Å². The summed E-state index contributed by atoms with van der Waals surface area (Å²) in [7, 11) is 0. The molecule has 0 aromatic heterocycles. The molecule has 0 aliphatic heterocycles. The molecule has 1 N–H and O–H groups in total. The Kier molecular flexibility index (Phi) is 4.69. The quantitative estimate of drug-likeness (QED) is 0.838. The second-order valence-corrected chi connectivity index (χ2v) is 5.40. The Bertz CT molecular complexity index is 601. The maximum Gasteiger partial charge on any atom is 0.126 e. The van der Waals surface area contributed by atoms with E-state index in [0.717, 1.165) is 0 Å². The molecule has 0 aliphatic carbocycles. The van der Waals surface area contributed by atoms with Crippen molar-refractivity contribution in [3.05, 3.63) is 68.4 Å². The van der Waals surface area contributed by atoms with Gasteiger partial charge in [-0.3, -0.25) is 0 Å². The lowest BCUT2D eigenvalue weighted by molar-refractivity contribution is 0.177. The molecule has 1 atom stereocenters. The first-order valence-corrected chi connectivity index (χ1v) is 6.67. The molecule has 0 fully saturated rings. The summed E-state index contributed by atoms with van der Waals surface area (Å²) in [5.41, 5.74) is 0.844. The second-order valence-electron chi connectivity index (χ2n) is 4.12. The lowest BCUT2D eigenvalue weighted by Crippen LogP contribution is -2.04. The SMILES string of the molecule is OC(Cc1cc(Cl)ccc1F)c1ccc(Cl)cc1Cl. The number of aliphatic hydroxyl groups is 1. The molecule has 5 heteroatoms. The van der Waals surface area contributed by atoms with Gasteiger partial charge in [0.25, 0.3) is 0 Å². The minimum Gasteiger partial charge on any atom is -0.388 e. The molecule has 0 bridgehead atoms. The molecule has 2 aromatic carbocycles. The van der Waals surface area contributed by atoms with E-state index in [1.165, 1.54) is 24.3 Å². The van der Waals surface area contributed by atoms with E-state index in [-0.39, 0.29) is 6.42 Å². The topological polar surface area (TPSA) is 20.2 Å². The zero-order chi connectivity index (χ0) is 14.0. The van der Waals surface area contributed by atoms with Gasteiger partial charge in [-0.15, -0.1) is 0 Å². The number of rotatable bonds is 3. The van der Waals surface area contributed by atoms with E-state index in [1.807, 2.05) is 0 Å². The molecular weight excluding hydrogens is 310 g/mol. The van der Waals surface area contributed by atoms with Crippen LogP contribution >= 0.6 is 34.8 Å². The van der Waals surface area contributed by atoms with E-state index in [4.69, 9.17) is 34.8 Å². The van der Waals surface area contributed by atoms with Crippen LogP contribution in [0.4, 0.5) is 4.39 Å². The predicted molar refractivity (Wildman–Crippen MR) is 76.5 cm³/mol. The number of halogens is 4. The Balaban J connectivity index is 2.25. The van der Waals surface area contributed by atoms with Crippen molar-refractivity contribution >= 4 is 34.8 Å². The van der Waals surface area contributed by atoms with Crippen LogP contribution in [0.3, 0.4) is 0 Å². The van der Waals surface area contributed by atoms with Crippen molar-refractivity contribution in [2.75, 3.05) is 0 Å². The summed E-state index contributed by atoms with van der Waals surface area (Å²) in [6.07, 6.45) is -0.828. The fourth-order valence-electron chi connectivity index (χ4n) is 1.79. The highest BCUT2D eigenvalue weighted by molar-refractivity contribution is 6.35. The summed E-state index contributed by atoms with van der Waals surface area (Å²) in [6.45, 7) is 0. The number of hydrogen-bond donors (Lipinski definition) is 1. The van der Waals surface area contributed by atoms with Crippen molar-refractivity contribution in [2.24, 2.45) is 0 Å². The molecule has 2 aromatic rings. The molecule has 100 valence electrons. The monoisotopic (exact) mass is 318 g/mol. The van der Waals surface area contributed by atoms with Crippen LogP contribution in [-0.4, -0.2) is 5.11 Å². The van der Waals surface area contributed by atoms with Gasteiger partial charge in [0.05, 0.1) is 6.10 Å². The van der Waals surface area contributed by atoms with Crippen LogP contribution in [-0.2, 0) is 6.42 Å². The maximum absolute atomic E-state index is 13.6. The van der Waals surface area contributed by atoms with E-state index in [1.54, 1.807) is 12.1 Å². The van der Waals surface area contributed by atoms with E-state index in [2.05, 4.69) is 0 Å². The minimum atomic E-state index is -0.919. The molecule has 1 nitrogen and oxygen atoms in total. The third kappa shape index (κ3) is 3.61. The Labute approximate surface area is 125 Å². The maximum atomic E-state index is 13.6. The van der Waals surface area contributed by atoms with Gasteiger partial charge in [0.2, 0.25) is 0 Å². The molecular formula is C14H10Cl3FO. The van der Waals surface area contributed by atoms with Crippen molar-refractivity contribution in [3.8, 4) is 0 Å². The average Bonchev–Trinajstić information content (AvgIpc) is 2.33. The zero-order valence-corrected chi connectivity index (χ0v) is 12.0. The lowest BCUT2D eigenvalue weighted by atomic mass is 10.0. The van der Waals surface area contributed by atoms with E-state index in [9.17, 15) is 9.50 Å². The van der Waals surface area contributed by atoms with Gasteiger partial charge in [0.1, 0.15) is 5.82 Å². The minimum absolute atomic E-state index is 0.0910. The summed E-state index contributed by atoms with van der Waals surface area (Å²) in [4.78, 5) is 0. The normalized spacial score (nSPS) is 12.5. The molecule has 0 aliphatic rings. The van der Waals surface area contributed by atoms with Crippen molar-refractivity contribution in [1.82, 2.24) is 0 Å². The highest BCUT2D eigenvalue weighted by Gasteiger charge is 2.15. The van der Waals surface area contributed by atoms with Crippen molar-refractivity contribution in [2.45, 2.75) is 12.5 Å². The first kappa shape index (κ1) is 14.6. The fraction of sp³-hybridized carbons (Fsp3) is 0.143. The highest BCUT2D eigenvalue weighted by atomic mass is 35.5. The number of hydrogen-bond acceptors (Lipinski definition) is 1. The van der Waals surface area contributed by atoms with Crippen molar-refractivity contribution in [1.29, 1.82) is 0 Å². The van der Waals surface area contributed by atoms with Gasteiger partial charge in [-0.25, -0.2) is 4.39 Å². The Morgan fingerprint density at radius 3 is 2.32 bits per heavy atom. The van der Waals surface area contributed by atoms with Crippen LogP contribution in [0.15, 0.2) is 36.4 Å². The molecule has 2 rings (SSSR count). The summed E-state index contributed by atoms with van der Waals surface area (Å²) in [6, 6.07) is 9.01. The van der Waals surface area contributed by atoms with Crippen LogP contribution in [0.5, 0.6) is 0 Å². The molecule has 0 amide bonds. The zero-order valence-electron chi connectivity index (χ0n) is 9.71. The van der Waals surface area contributed by atoms with E-state index >= 15 is 0 Å². The summed E-state index contributed by atoms with van der Waals surface area (Å²) in [5, 5.41) is 11.4. The van der Waals surface area contributed by atoms with Crippen molar-refractivity contribution < 1.29 is 9.50 Å². The third-order valence-corrected chi connectivity index (χ3v) is 3.54. The van der Waals surface area contributed by atoms with Gasteiger partial charge in [-0.05, 0) is 41.5 Å². The number of aliphatic hydroxyl groups excluding tert-OH is 1. The van der Waals surface area contributed by atoms with Crippen LogP contribution < -0.4 is 0 Å². The van der Waals surface area contributed by atoms with Gasteiger partial charge >= 0.3 is 0 Å². The molecule has 0 saturated carbocycles. The van der Waals surface area contributed by atoms with Crippen LogP contribution in [0, 0.1) is 5.82 Å². The molecule has 19 heavy (non-hydrogen) atoms. The smallest absolute Gasteiger partial charge is 0.126 e. The molecule has 1 unspecified atom stereocenters. The lowest BCUT2D eigenvalue weighted by Gasteiger charge is -2.13. The van der Waals surface area contributed by atoms with Crippen molar-refractivity contribution in [3.63, 3.8) is 0 Å². The van der Waals surface area contributed by atoms with Gasteiger partial charge < -0.3 is 5.11 Å². The van der Waals surface area contributed by atoms with Gasteiger partial charge in [-0.1, -0.05) is 40.9 Å². The highest BCUT2D eigenvalue weighted by Crippen LogP contribution is 2.29. The van der Waals surface area contributed by atoms with Gasteiger partial charge in [-0.2, -0.15) is 0 Å². The molecule has 0 spiro atoms. The Morgan fingerprint density at radius 2 is 1.63 bits per heavy atom. The van der Waals surface area contributed by atoms with Crippen LogP contribution in [0.25, 0.3) is 0 Å². The first-order chi connectivity index (χ1) is 8.97. The Morgan fingerprint density at radius 1 is 1.00 bits per heavy atom. The first-order valence-electron chi connectivity index (χ1n) is 5.54. The second kappa shape index (κ2) is 6.10. The Hall–Kier alpha value is -0.800. The predicted octanol–water partition coefficient (Wildman–Crippen LogP) is 5.06.